The lowest BCUT2D eigenvalue weighted by molar-refractivity contribution is -0.143. The number of rotatable bonds is 10. The van der Waals surface area contributed by atoms with Crippen LogP contribution >= 0.6 is 0 Å². The first-order valence-electron chi connectivity index (χ1n) is 10.7. The molecule has 28 heavy (non-hydrogen) atoms. The molecule has 2 rings (SSSR count). The van der Waals surface area contributed by atoms with Crippen LogP contribution in [0.3, 0.4) is 0 Å². The van der Waals surface area contributed by atoms with Crippen molar-refractivity contribution in [2.45, 2.75) is 64.8 Å². The first-order chi connectivity index (χ1) is 13.7. The second kappa shape index (κ2) is 12.4. The summed E-state index contributed by atoms with van der Waals surface area (Å²) in [5, 5.41) is 3.52. The molecule has 2 atom stereocenters. The number of carbonyl (C=O) groups excluding carboxylic acids is 1. The van der Waals surface area contributed by atoms with Gasteiger partial charge in [0.15, 0.2) is 5.96 Å². The maximum Gasteiger partial charge on any atom is 0.305 e. The van der Waals surface area contributed by atoms with Gasteiger partial charge in [-0.2, -0.15) is 0 Å². The topological polar surface area (TPSA) is 71.8 Å². The molecule has 1 aromatic rings. The Bertz CT molecular complexity index is 588. The number of likely N-dealkylation sites (tertiary alicyclic amines) is 1. The van der Waals surface area contributed by atoms with E-state index in [0.29, 0.717) is 25.0 Å². The Balaban J connectivity index is 1.63. The van der Waals surface area contributed by atoms with Crippen molar-refractivity contribution in [2.75, 3.05) is 33.3 Å². The Kier molecular flexibility index (Phi) is 9.86. The lowest BCUT2D eigenvalue weighted by Gasteiger charge is -2.39. The molecule has 0 saturated carbocycles. The number of esters is 1. The SMILES string of the molecule is CCOC(=O)CCCCCCCNC(=NC)N1CCC(C)C(n2ccnc2)C1. The smallest absolute Gasteiger partial charge is 0.305 e. The monoisotopic (exact) mass is 391 g/mol. The number of guanidine groups is 1. The van der Waals surface area contributed by atoms with E-state index in [1.54, 1.807) is 0 Å². The standard InChI is InChI=1S/C21H37N5O2/c1-4-28-20(27)10-8-6-5-7-9-12-24-21(22-3)25-14-11-18(2)19(16-25)26-15-13-23-17-26/h13,15,17-19H,4-12,14,16H2,1-3H3,(H,22,24). The molecule has 1 aliphatic rings. The van der Waals surface area contributed by atoms with E-state index in [1.165, 1.54) is 6.42 Å². The van der Waals surface area contributed by atoms with Gasteiger partial charge < -0.3 is 19.5 Å². The Hall–Kier alpha value is -2.05. The van der Waals surface area contributed by atoms with Gasteiger partial charge in [-0.05, 0) is 32.1 Å². The van der Waals surface area contributed by atoms with E-state index in [0.717, 1.165) is 57.7 Å². The molecule has 1 fully saturated rings. The molecule has 7 nitrogen and oxygen atoms in total. The number of hydrogen-bond donors (Lipinski definition) is 1. The van der Waals surface area contributed by atoms with Crippen LogP contribution in [0.5, 0.6) is 0 Å². The van der Waals surface area contributed by atoms with Gasteiger partial charge in [0.05, 0.1) is 19.0 Å². The Labute approximate surface area is 169 Å². The molecule has 1 saturated heterocycles. The van der Waals surface area contributed by atoms with Crippen molar-refractivity contribution in [2.24, 2.45) is 10.9 Å². The van der Waals surface area contributed by atoms with Gasteiger partial charge in [-0.25, -0.2) is 4.98 Å². The molecular formula is C21H37N5O2. The second-order valence-corrected chi connectivity index (χ2v) is 7.59. The second-order valence-electron chi connectivity index (χ2n) is 7.59. The molecule has 0 amide bonds. The van der Waals surface area contributed by atoms with E-state index in [-0.39, 0.29) is 5.97 Å². The maximum absolute atomic E-state index is 11.3. The van der Waals surface area contributed by atoms with Crippen LogP contribution in [0.1, 0.15) is 64.8 Å². The summed E-state index contributed by atoms with van der Waals surface area (Å²) in [6.45, 7) is 7.59. The quantitative estimate of drug-likeness (QED) is 0.287. The van der Waals surface area contributed by atoms with Crippen LogP contribution in [0.2, 0.25) is 0 Å². The van der Waals surface area contributed by atoms with Crippen molar-refractivity contribution in [3.8, 4) is 0 Å². The summed E-state index contributed by atoms with van der Waals surface area (Å²) in [6, 6.07) is 0.439. The van der Waals surface area contributed by atoms with E-state index >= 15 is 0 Å². The van der Waals surface area contributed by atoms with Gasteiger partial charge in [0.2, 0.25) is 0 Å². The van der Waals surface area contributed by atoms with E-state index in [9.17, 15) is 4.79 Å². The minimum atomic E-state index is -0.0715. The third-order valence-corrected chi connectivity index (χ3v) is 5.48. The highest BCUT2D eigenvalue weighted by Gasteiger charge is 2.28. The number of nitrogens with one attached hydrogen (secondary N) is 1. The van der Waals surface area contributed by atoms with Gasteiger partial charge in [-0.15, -0.1) is 0 Å². The molecule has 1 N–H and O–H groups in total. The summed E-state index contributed by atoms with van der Waals surface area (Å²) >= 11 is 0. The first kappa shape index (κ1) is 22.2. The minimum Gasteiger partial charge on any atom is -0.466 e. The fraction of sp³-hybridized carbons (Fsp3) is 0.762. The van der Waals surface area contributed by atoms with E-state index in [1.807, 2.05) is 26.5 Å². The van der Waals surface area contributed by atoms with Crippen LogP contribution in [0.25, 0.3) is 0 Å². The van der Waals surface area contributed by atoms with Crippen LogP contribution in [0, 0.1) is 5.92 Å². The Morgan fingerprint density at radius 1 is 1.29 bits per heavy atom. The van der Waals surface area contributed by atoms with Crippen LogP contribution in [0.4, 0.5) is 0 Å². The van der Waals surface area contributed by atoms with Gasteiger partial charge in [0.1, 0.15) is 0 Å². The number of aliphatic imine (C=N–C) groups is 1. The molecule has 1 aromatic heterocycles. The predicted octanol–water partition coefficient (Wildman–Crippen LogP) is 3.25. The average molecular weight is 392 g/mol. The molecule has 2 unspecified atom stereocenters. The van der Waals surface area contributed by atoms with Crippen molar-refractivity contribution in [3.05, 3.63) is 18.7 Å². The van der Waals surface area contributed by atoms with Crippen molar-refractivity contribution < 1.29 is 9.53 Å². The maximum atomic E-state index is 11.3. The number of carbonyl (C=O) groups is 1. The van der Waals surface area contributed by atoms with Crippen molar-refractivity contribution in [1.29, 1.82) is 0 Å². The third-order valence-electron chi connectivity index (χ3n) is 5.48. The fourth-order valence-electron chi connectivity index (χ4n) is 3.79. The predicted molar refractivity (Wildman–Crippen MR) is 112 cm³/mol. The highest BCUT2D eigenvalue weighted by Crippen LogP contribution is 2.27. The lowest BCUT2D eigenvalue weighted by atomic mass is 9.93. The molecule has 0 aliphatic carbocycles. The van der Waals surface area contributed by atoms with Crippen LogP contribution < -0.4 is 5.32 Å². The number of unbranched alkanes of at least 4 members (excludes halogenated alkanes) is 4. The van der Waals surface area contributed by atoms with Gasteiger partial charge in [0.25, 0.3) is 0 Å². The van der Waals surface area contributed by atoms with Crippen LogP contribution in [-0.4, -0.2) is 59.7 Å². The Morgan fingerprint density at radius 3 is 2.79 bits per heavy atom. The highest BCUT2D eigenvalue weighted by molar-refractivity contribution is 5.80. The lowest BCUT2D eigenvalue weighted by Crippen LogP contribution is -2.49. The van der Waals surface area contributed by atoms with Crippen LogP contribution in [0.15, 0.2) is 23.7 Å². The normalized spacial score (nSPS) is 20.2. The van der Waals surface area contributed by atoms with E-state index in [4.69, 9.17) is 4.74 Å². The zero-order valence-corrected chi connectivity index (χ0v) is 17.8. The molecule has 1 aliphatic heterocycles. The summed E-state index contributed by atoms with van der Waals surface area (Å²) in [7, 11) is 1.86. The van der Waals surface area contributed by atoms with Gasteiger partial charge >= 0.3 is 5.97 Å². The van der Waals surface area contributed by atoms with Gasteiger partial charge in [-0.1, -0.05) is 26.2 Å². The van der Waals surface area contributed by atoms with E-state index in [2.05, 4.69) is 37.9 Å². The van der Waals surface area contributed by atoms with Crippen molar-refractivity contribution in [1.82, 2.24) is 19.8 Å². The number of imidazole rings is 1. The van der Waals surface area contributed by atoms with Gasteiger partial charge in [-0.3, -0.25) is 9.79 Å². The summed E-state index contributed by atoms with van der Waals surface area (Å²) in [4.78, 5) is 22.4. The zero-order chi connectivity index (χ0) is 20.2. The molecule has 0 aromatic carbocycles. The molecule has 0 spiro atoms. The average Bonchev–Trinajstić information content (AvgIpc) is 3.22. The minimum absolute atomic E-state index is 0.0715. The fourth-order valence-corrected chi connectivity index (χ4v) is 3.79. The third kappa shape index (κ3) is 7.17. The molecular weight excluding hydrogens is 354 g/mol. The first-order valence-corrected chi connectivity index (χ1v) is 10.7. The summed E-state index contributed by atoms with van der Waals surface area (Å²) in [6.07, 6.45) is 13.0. The van der Waals surface area contributed by atoms with Crippen molar-refractivity contribution in [3.63, 3.8) is 0 Å². The molecule has 7 heteroatoms. The molecule has 158 valence electrons. The van der Waals surface area contributed by atoms with E-state index < -0.39 is 0 Å². The number of piperidine rings is 1. The summed E-state index contributed by atoms with van der Waals surface area (Å²) in [5.74, 6) is 1.57. The molecule has 2 heterocycles. The summed E-state index contributed by atoms with van der Waals surface area (Å²) in [5.41, 5.74) is 0. The Morgan fingerprint density at radius 2 is 2.07 bits per heavy atom. The summed E-state index contributed by atoms with van der Waals surface area (Å²) < 4.78 is 7.17. The molecule has 0 radical (unpaired) electrons. The van der Waals surface area contributed by atoms with Crippen LogP contribution in [-0.2, 0) is 9.53 Å². The van der Waals surface area contributed by atoms with Crippen molar-refractivity contribution >= 4 is 11.9 Å². The molecule has 0 bridgehead atoms. The van der Waals surface area contributed by atoms with Gasteiger partial charge in [0, 0.05) is 45.5 Å². The highest BCUT2D eigenvalue weighted by atomic mass is 16.5. The number of aromatic nitrogens is 2. The number of nitrogens with zero attached hydrogens (tertiary/aromatic N) is 4. The zero-order valence-electron chi connectivity index (χ0n) is 17.8. The number of hydrogen-bond acceptors (Lipinski definition) is 4. The number of ether oxygens (including phenoxy) is 1. The largest absolute Gasteiger partial charge is 0.466 e.